The normalized spacial score (nSPS) is 10.5. The largest absolute Gasteiger partial charge is 0.497 e. The average molecular weight is 391 g/mol. The zero-order valence-electron chi connectivity index (χ0n) is 14.1. The van der Waals surface area contributed by atoms with E-state index >= 15 is 0 Å². The highest BCUT2D eigenvalue weighted by Gasteiger charge is 2.10. The summed E-state index contributed by atoms with van der Waals surface area (Å²) in [6, 6.07) is 15.9. The lowest BCUT2D eigenvalue weighted by atomic mass is 10.2. The van der Waals surface area contributed by atoms with Gasteiger partial charge in [0.25, 0.3) is 0 Å². The van der Waals surface area contributed by atoms with Crippen molar-refractivity contribution in [1.29, 1.82) is 0 Å². The molecule has 5 heteroatoms. The molecule has 1 N–H and O–H groups in total. The number of benzene rings is 2. The molecule has 2 rings (SSSR count). The van der Waals surface area contributed by atoms with E-state index in [-0.39, 0.29) is 5.91 Å². The maximum atomic E-state index is 12.2. The lowest BCUT2D eigenvalue weighted by Crippen LogP contribution is -2.29. The van der Waals surface area contributed by atoms with Gasteiger partial charge in [-0.3, -0.25) is 4.79 Å². The highest BCUT2D eigenvalue weighted by atomic mass is 79.9. The molecule has 4 nitrogen and oxygen atoms in total. The van der Waals surface area contributed by atoms with Gasteiger partial charge in [-0.2, -0.15) is 0 Å². The molecule has 0 saturated carbocycles. The van der Waals surface area contributed by atoms with Crippen LogP contribution in [-0.2, 0) is 17.9 Å². The first-order valence-corrected chi connectivity index (χ1v) is 8.70. The van der Waals surface area contributed by atoms with Crippen LogP contribution in [0.1, 0.15) is 17.5 Å². The molecular weight excluding hydrogens is 368 g/mol. The van der Waals surface area contributed by atoms with Crippen molar-refractivity contribution in [3.63, 3.8) is 0 Å². The summed E-state index contributed by atoms with van der Waals surface area (Å²) < 4.78 is 6.23. The van der Waals surface area contributed by atoms with E-state index in [2.05, 4.69) is 21.2 Å². The Balaban J connectivity index is 1.73. The topological polar surface area (TPSA) is 41.6 Å². The number of amides is 1. The van der Waals surface area contributed by atoms with Crippen molar-refractivity contribution in [2.75, 3.05) is 20.7 Å². The minimum atomic E-state index is 0.129. The van der Waals surface area contributed by atoms with Crippen molar-refractivity contribution in [3.05, 3.63) is 64.1 Å². The van der Waals surface area contributed by atoms with Crippen molar-refractivity contribution in [2.45, 2.75) is 19.5 Å². The molecule has 128 valence electrons. The Labute approximate surface area is 151 Å². The first kappa shape index (κ1) is 18.5. The molecule has 0 fully saturated rings. The van der Waals surface area contributed by atoms with Crippen LogP contribution >= 0.6 is 15.9 Å². The second-order valence-corrected chi connectivity index (χ2v) is 6.47. The first-order valence-electron chi connectivity index (χ1n) is 7.91. The number of hydrogen-bond donors (Lipinski definition) is 1. The first-order chi connectivity index (χ1) is 11.6. The number of methoxy groups -OCH3 is 1. The maximum absolute atomic E-state index is 12.2. The average Bonchev–Trinajstić information content (AvgIpc) is 2.60. The predicted octanol–water partition coefficient (Wildman–Crippen LogP) is 3.60. The summed E-state index contributed by atoms with van der Waals surface area (Å²) in [5.74, 6) is 0.974. The molecule has 0 unspecified atom stereocenters. The molecule has 0 bridgehead atoms. The number of carbonyl (C=O) groups is 1. The molecule has 0 atom stereocenters. The lowest BCUT2D eigenvalue weighted by molar-refractivity contribution is -0.130. The third-order valence-corrected chi connectivity index (χ3v) is 4.54. The van der Waals surface area contributed by atoms with Crippen LogP contribution in [0.2, 0.25) is 0 Å². The standard InChI is InChI=1S/C19H23BrN2O2/c1-22(14-16-7-3-4-9-18(16)20)19(23)10-11-21-13-15-6-5-8-17(12-15)24-2/h3-9,12,21H,10-11,13-14H2,1-2H3. The van der Waals surface area contributed by atoms with Crippen LogP contribution in [0.25, 0.3) is 0 Å². The molecule has 0 aliphatic rings. The van der Waals surface area contributed by atoms with E-state index in [9.17, 15) is 4.79 Å². The number of hydrogen-bond acceptors (Lipinski definition) is 3. The number of ether oxygens (including phenoxy) is 1. The summed E-state index contributed by atoms with van der Waals surface area (Å²) in [5, 5.41) is 3.30. The van der Waals surface area contributed by atoms with Crippen LogP contribution in [0.4, 0.5) is 0 Å². The van der Waals surface area contributed by atoms with Crippen LogP contribution in [0.15, 0.2) is 53.0 Å². The lowest BCUT2D eigenvalue weighted by Gasteiger charge is -2.18. The van der Waals surface area contributed by atoms with Gasteiger partial charge in [0, 0.05) is 37.6 Å². The third-order valence-electron chi connectivity index (χ3n) is 3.77. The van der Waals surface area contributed by atoms with Crippen LogP contribution in [-0.4, -0.2) is 31.5 Å². The zero-order chi connectivity index (χ0) is 17.4. The van der Waals surface area contributed by atoms with Gasteiger partial charge < -0.3 is 15.0 Å². The molecule has 2 aromatic carbocycles. The Morgan fingerprint density at radius 1 is 1.21 bits per heavy atom. The van der Waals surface area contributed by atoms with Gasteiger partial charge in [0.1, 0.15) is 5.75 Å². The Kier molecular flexibility index (Phi) is 7.28. The van der Waals surface area contributed by atoms with Gasteiger partial charge in [0.05, 0.1) is 7.11 Å². The van der Waals surface area contributed by atoms with Crippen LogP contribution in [0.5, 0.6) is 5.75 Å². The van der Waals surface area contributed by atoms with E-state index in [1.165, 1.54) is 0 Å². The minimum Gasteiger partial charge on any atom is -0.497 e. The molecule has 0 aromatic heterocycles. The van der Waals surface area contributed by atoms with Gasteiger partial charge in [-0.05, 0) is 29.3 Å². The summed E-state index contributed by atoms with van der Waals surface area (Å²) in [5.41, 5.74) is 2.25. The van der Waals surface area contributed by atoms with Gasteiger partial charge in [-0.1, -0.05) is 46.3 Å². The minimum absolute atomic E-state index is 0.129. The SMILES string of the molecule is COc1cccc(CNCCC(=O)N(C)Cc2ccccc2Br)c1. The van der Waals surface area contributed by atoms with E-state index in [0.717, 1.165) is 27.9 Å². The summed E-state index contributed by atoms with van der Waals surface area (Å²) >= 11 is 3.51. The molecule has 2 aromatic rings. The number of carbonyl (C=O) groups excluding carboxylic acids is 1. The number of nitrogens with zero attached hydrogens (tertiary/aromatic N) is 1. The molecule has 1 amide bonds. The van der Waals surface area contributed by atoms with E-state index in [0.29, 0.717) is 19.5 Å². The number of rotatable bonds is 8. The van der Waals surface area contributed by atoms with Crippen molar-refractivity contribution in [3.8, 4) is 5.75 Å². The van der Waals surface area contributed by atoms with Gasteiger partial charge in [0.15, 0.2) is 0 Å². The Morgan fingerprint density at radius 3 is 2.75 bits per heavy atom. The summed E-state index contributed by atoms with van der Waals surface area (Å²) in [6.07, 6.45) is 0.477. The van der Waals surface area contributed by atoms with Crippen molar-refractivity contribution < 1.29 is 9.53 Å². The molecule has 0 heterocycles. The van der Waals surface area contributed by atoms with Crippen molar-refractivity contribution in [1.82, 2.24) is 10.2 Å². The van der Waals surface area contributed by atoms with E-state index < -0.39 is 0 Å². The summed E-state index contributed by atoms with van der Waals surface area (Å²) in [6.45, 7) is 1.98. The van der Waals surface area contributed by atoms with Crippen LogP contribution < -0.4 is 10.1 Å². The van der Waals surface area contributed by atoms with E-state index in [1.54, 1.807) is 12.0 Å². The Morgan fingerprint density at radius 2 is 2.00 bits per heavy atom. The quantitative estimate of drug-likeness (QED) is 0.700. The van der Waals surface area contributed by atoms with Crippen LogP contribution in [0.3, 0.4) is 0 Å². The molecule has 0 spiro atoms. The highest BCUT2D eigenvalue weighted by molar-refractivity contribution is 9.10. The number of nitrogens with one attached hydrogen (secondary N) is 1. The summed E-state index contributed by atoms with van der Waals surface area (Å²) in [4.78, 5) is 14.0. The molecule has 0 saturated heterocycles. The van der Waals surface area contributed by atoms with Crippen molar-refractivity contribution in [2.24, 2.45) is 0 Å². The van der Waals surface area contributed by atoms with E-state index in [1.807, 2.05) is 55.6 Å². The molecule has 0 aliphatic carbocycles. The third kappa shape index (κ3) is 5.65. The number of halogens is 1. The highest BCUT2D eigenvalue weighted by Crippen LogP contribution is 2.17. The monoisotopic (exact) mass is 390 g/mol. The molecular formula is C19H23BrN2O2. The van der Waals surface area contributed by atoms with Crippen LogP contribution in [0, 0.1) is 0 Å². The fourth-order valence-corrected chi connectivity index (χ4v) is 2.78. The molecule has 0 aliphatic heterocycles. The Hall–Kier alpha value is -1.85. The Bertz CT molecular complexity index is 676. The summed E-state index contributed by atoms with van der Waals surface area (Å²) in [7, 11) is 3.50. The molecule has 24 heavy (non-hydrogen) atoms. The fraction of sp³-hybridized carbons (Fsp3) is 0.316. The van der Waals surface area contributed by atoms with Crippen molar-refractivity contribution >= 4 is 21.8 Å². The smallest absolute Gasteiger partial charge is 0.223 e. The molecule has 0 radical (unpaired) electrons. The second-order valence-electron chi connectivity index (χ2n) is 5.62. The van der Waals surface area contributed by atoms with Gasteiger partial charge in [-0.25, -0.2) is 0 Å². The second kappa shape index (κ2) is 9.45. The maximum Gasteiger partial charge on any atom is 0.223 e. The van der Waals surface area contributed by atoms with Gasteiger partial charge in [-0.15, -0.1) is 0 Å². The predicted molar refractivity (Wildman–Crippen MR) is 99.9 cm³/mol. The van der Waals surface area contributed by atoms with Gasteiger partial charge >= 0.3 is 0 Å². The van der Waals surface area contributed by atoms with E-state index in [4.69, 9.17) is 4.74 Å². The zero-order valence-corrected chi connectivity index (χ0v) is 15.7. The van der Waals surface area contributed by atoms with Gasteiger partial charge in [0.2, 0.25) is 5.91 Å². The fourth-order valence-electron chi connectivity index (χ4n) is 2.37.